The summed E-state index contributed by atoms with van der Waals surface area (Å²) in [7, 11) is 1.36. The summed E-state index contributed by atoms with van der Waals surface area (Å²) in [5.41, 5.74) is -0.0105. The van der Waals surface area contributed by atoms with Crippen molar-refractivity contribution in [1.29, 1.82) is 0 Å². The van der Waals surface area contributed by atoms with E-state index >= 15 is 0 Å². The Morgan fingerprint density at radius 1 is 0.738 bits per heavy atom. The van der Waals surface area contributed by atoms with Crippen molar-refractivity contribution < 1.29 is 38.1 Å². The van der Waals surface area contributed by atoms with Gasteiger partial charge in [-0.05, 0) is 36.4 Å². The van der Waals surface area contributed by atoms with Crippen LogP contribution in [0.1, 0.15) is 37.3 Å². The van der Waals surface area contributed by atoms with E-state index in [1.54, 1.807) is 91.0 Å². The summed E-state index contributed by atoms with van der Waals surface area (Å²) in [4.78, 5) is 55.9. The van der Waals surface area contributed by atoms with E-state index in [1.807, 2.05) is 0 Å². The van der Waals surface area contributed by atoms with Gasteiger partial charge in [0.1, 0.15) is 12.7 Å². The molecule has 3 aromatic carbocycles. The van der Waals surface area contributed by atoms with E-state index in [2.05, 4.69) is 4.98 Å². The minimum Gasteiger partial charge on any atom is -0.481 e. The van der Waals surface area contributed by atoms with Crippen molar-refractivity contribution in [3.63, 3.8) is 0 Å². The van der Waals surface area contributed by atoms with Crippen LogP contribution in [0.4, 0.5) is 0 Å². The van der Waals surface area contributed by atoms with E-state index in [9.17, 15) is 19.2 Å². The van der Waals surface area contributed by atoms with E-state index in [0.29, 0.717) is 5.56 Å². The van der Waals surface area contributed by atoms with Crippen LogP contribution in [0.2, 0.25) is 0 Å². The first-order chi connectivity index (χ1) is 20.4. The van der Waals surface area contributed by atoms with Crippen LogP contribution >= 0.6 is 0 Å². The van der Waals surface area contributed by atoms with E-state index in [0.717, 1.165) is 4.57 Å². The molecular weight excluding hydrogens is 544 g/mol. The lowest BCUT2D eigenvalue weighted by Crippen LogP contribution is -2.42. The summed E-state index contributed by atoms with van der Waals surface area (Å²) in [5.74, 6) is -2.05. The Morgan fingerprint density at radius 2 is 1.24 bits per heavy atom. The number of methoxy groups -OCH3 is 1. The molecular formula is C31H26N2O9. The number of nitrogens with zero attached hydrogens (tertiary/aromatic N) is 2. The van der Waals surface area contributed by atoms with Crippen LogP contribution in [0.5, 0.6) is 5.88 Å². The highest BCUT2D eigenvalue weighted by Crippen LogP contribution is 2.35. The SMILES string of the molecule is COc1ccn([C@@H]2O[C@@H](COC(=O)c3ccccc3)[C@@H](OC(=O)c3ccccc3)[C@@H]2OC(=O)c2ccccc2)c(=O)n1. The zero-order valence-electron chi connectivity index (χ0n) is 22.4. The number of carbonyl (C=O) groups is 3. The van der Waals surface area contributed by atoms with Crippen LogP contribution in [-0.4, -0.2) is 59.5 Å². The molecule has 2 heterocycles. The summed E-state index contributed by atoms with van der Waals surface area (Å²) in [5, 5.41) is 0. The molecule has 0 saturated carbocycles. The molecule has 0 spiro atoms. The van der Waals surface area contributed by atoms with Gasteiger partial charge in [-0.1, -0.05) is 54.6 Å². The lowest BCUT2D eigenvalue weighted by Gasteiger charge is -2.25. The molecule has 4 aromatic rings. The molecule has 1 saturated heterocycles. The van der Waals surface area contributed by atoms with E-state index in [1.165, 1.54) is 19.4 Å². The summed E-state index contributed by atoms with van der Waals surface area (Å²) in [6.07, 6.45) is -3.68. The maximum atomic E-state index is 13.2. The van der Waals surface area contributed by atoms with E-state index in [4.69, 9.17) is 23.7 Å². The third-order valence-corrected chi connectivity index (χ3v) is 6.47. The van der Waals surface area contributed by atoms with Crippen molar-refractivity contribution in [2.24, 2.45) is 0 Å². The highest BCUT2D eigenvalue weighted by atomic mass is 16.7. The molecule has 11 heteroatoms. The largest absolute Gasteiger partial charge is 0.481 e. The van der Waals surface area contributed by atoms with Crippen molar-refractivity contribution in [1.82, 2.24) is 9.55 Å². The number of carbonyl (C=O) groups excluding carboxylic acids is 3. The molecule has 1 aliphatic heterocycles. The maximum absolute atomic E-state index is 13.2. The summed E-state index contributed by atoms with van der Waals surface area (Å²) >= 11 is 0. The Kier molecular flexibility index (Phi) is 8.69. The Balaban J connectivity index is 1.50. The summed E-state index contributed by atoms with van der Waals surface area (Å²) in [6, 6.07) is 26.1. The fourth-order valence-corrected chi connectivity index (χ4v) is 4.39. The fourth-order valence-electron chi connectivity index (χ4n) is 4.39. The Hall–Kier alpha value is -5.29. The first-order valence-corrected chi connectivity index (χ1v) is 13.0. The number of ether oxygens (including phenoxy) is 5. The molecule has 4 atom stereocenters. The van der Waals surface area contributed by atoms with Crippen molar-refractivity contribution in [3.05, 3.63) is 130 Å². The number of rotatable bonds is 9. The second-order valence-electron chi connectivity index (χ2n) is 9.16. The first-order valence-electron chi connectivity index (χ1n) is 13.0. The van der Waals surface area contributed by atoms with Gasteiger partial charge < -0.3 is 23.7 Å². The minimum atomic E-state index is -1.33. The van der Waals surface area contributed by atoms with Gasteiger partial charge in [0.25, 0.3) is 0 Å². The van der Waals surface area contributed by atoms with Crippen LogP contribution in [0, 0.1) is 0 Å². The standard InChI is InChI=1S/C31H26N2O9/c1-38-24-17-18-33(31(37)32-24)27-26(42-30(36)22-15-9-4-10-16-22)25(41-29(35)21-13-7-3-8-14-21)23(40-27)19-39-28(34)20-11-5-2-6-12-20/h2-18,23,25-27H,19H2,1H3/t23-,25+,26-,27+/m0/s1. The zero-order chi connectivity index (χ0) is 29.5. The van der Waals surface area contributed by atoms with Crippen molar-refractivity contribution in [2.75, 3.05) is 13.7 Å². The van der Waals surface area contributed by atoms with Gasteiger partial charge in [0.15, 0.2) is 18.4 Å². The fraction of sp³-hybridized carbons (Fsp3) is 0.194. The third kappa shape index (κ3) is 6.37. The Labute approximate surface area is 240 Å². The summed E-state index contributed by atoms with van der Waals surface area (Å²) < 4.78 is 29.5. The highest BCUT2D eigenvalue weighted by molar-refractivity contribution is 5.91. The van der Waals surface area contributed by atoms with Gasteiger partial charge in [-0.15, -0.1) is 0 Å². The number of hydrogen-bond donors (Lipinski definition) is 0. The molecule has 5 rings (SSSR count). The highest BCUT2D eigenvalue weighted by Gasteiger charge is 2.51. The van der Waals surface area contributed by atoms with Gasteiger partial charge in [0.05, 0.1) is 23.8 Å². The first kappa shape index (κ1) is 28.2. The second-order valence-corrected chi connectivity index (χ2v) is 9.16. The van der Waals surface area contributed by atoms with Gasteiger partial charge in [-0.25, -0.2) is 19.2 Å². The van der Waals surface area contributed by atoms with E-state index < -0.39 is 48.1 Å². The van der Waals surface area contributed by atoms with Crippen LogP contribution in [0.15, 0.2) is 108 Å². The van der Waals surface area contributed by atoms with Gasteiger partial charge in [0.2, 0.25) is 5.88 Å². The van der Waals surface area contributed by atoms with Crippen molar-refractivity contribution >= 4 is 17.9 Å². The van der Waals surface area contributed by atoms with Crippen LogP contribution in [0.25, 0.3) is 0 Å². The van der Waals surface area contributed by atoms with Gasteiger partial charge in [-0.3, -0.25) is 4.57 Å². The molecule has 214 valence electrons. The molecule has 0 N–H and O–H groups in total. The van der Waals surface area contributed by atoms with E-state index in [-0.39, 0.29) is 23.6 Å². The molecule has 0 unspecified atom stereocenters. The van der Waals surface area contributed by atoms with Crippen molar-refractivity contribution in [2.45, 2.75) is 24.5 Å². The average Bonchev–Trinajstić information content (AvgIpc) is 3.36. The van der Waals surface area contributed by atoms with Crippen molar-refractivity contribution in [3.8, 4) is 5.88 Å². The van der Waals surface area contributed by atoms with Crippen LogP contribution in [0.3, 0.4) is 0 Å². The molecule has 0 bridgehead atoms. The monoisotopic (exact) mass is 570 g/mol. The number of hydrogen-bond acceptors (Lipinski definition) is 10. The molecule has 1 fully saturated rings. The zero-order valence-corrected chi connectivity index (χ0v) is 22.4. The van der Waals surface area contributed by atoms with Gasteiger partial charge in [-0.2, -0.15) is 4.98 Å². The lowest BCUT2D eigenvalue weighted by atomic mass is 10.1. The number of aromatic nitrogens is 2. The number of esters is 3. The third-order valence-electron chi connectivity index (χ3n) is 6.47. The number of benzene rings is 3. The van der Waals surface area contributed by atoms with Gasteiger partial charge in [0, 0.05) is 12.3 Å². The Morgan fingerprint density at radius 3 is 1.74 bits per heavy atom. The molecule has 1 aliphatic rings. The smallest absolute Gasteiger partial charge is 0.353 e. The van der Waals surface area contributed by atoms with Gasteiger partial charge >= 0.3 is 23.6 Å². The normalized spacial score (nSPS) is 19.5. The molecule has 42 heavy (non-hydrogen) atoms. The molecule has 11 nitrogen and oxygen atoms in total. The topological polar surface area (TPSA) is 132 Å². The minimum absolute atomic E-state index is 0.0625. The molecule has 0 amide bonds. The molecule has 0 radical (unpaired) electrons. The summed E-state index contributed by atoms with van der Waals surface area (Å²) in [6.45, 7) is -0.380. The molecule has 0 aliphatic carbocycles. The average molecular weight is 571 g/mol. The maximum Gasteiger partial charge on any atom is 0.353 e. The Bertz CT molecular complexity index is 1590. The predicted molar refractivity (Wildman–Crippen MR) is 147 cm³/mol. The lowest BCUT2D eigenvalue weighted by molar-refractivity contribution is -0.0640. The second kappa shape index (κ2) is 12.9. The predicted octanol–water partition coefficient (Wildman–Crippen LogP) is 3.46. The van der Waals surface area contributed by atoms with Crippen LogP contribution < -0.4 is 10.4 Å². The quantitative estimate of drug-likeness (QED) is 0.218. The molecule has 1 aromatic heterocycles. The van der Waals surface area contributed by atoms with Crippen LogP contribution in [-0.2, 0) is 18.9 Å².